The standard InChI is InChI=1S/C11H7BrClNO/c12-9-5-10(14-6-11(9)15)7-1-3-8(13)4-2-7/h1-6,15H. The van der Waals surface area contributed by atoms with Crippen LogP contribution in [0, 0.1) is 0 Å². The lowest BCUT2D eigenvalue weighted by Crippen LogP contribution is -1.83. The molecule has 0 aliphatic carbocycles. The SMILES string of the molecule is Oc1cnc(-c2ccc(Cl)cc2)cc1Br. The molecule has 0 atom stereocenters. The van der Waals surface area contributed by atoms with Crippen LogP contribution in [0.15, 0.2) is 41.0 Å². The predicted octanol–water partition coefficient (Wildman–Crippen LogP) is 3.87. The molecule has 0 fully saturated rings. The van der Waals surface area contributed by atoms with Crippen LogP contribution in [0.25, 0.3) is 11.3 Å². The summed E-state index contributed by atoms with van der Waals surface area (Å²) in [7, 11) is 0. The normalized spacial score (nSPS) is 10.3. The lowest BCUT2D eigenvalue weighted by atomic mass is 10.1. The van der Waals surface area contributed by atoms with Gasteiger partial charge in [-0.1, -0.05) is 23.7 Å². The Labute approximate surface area is 101 Å². The van der Waals surface area contributed by atoms with Crippen molar-refractivity contribution in [3.8, 4) is 17.0 Å². The van der Waals surface area contributed by atoms with Gasteiger partial charge in [0.2, 0.25) is 0 Å². The van der Waals surface area contributed by atoms with E-state index in [1.807, 2.05) is 12.1 Å². The Morgan fingerprint density at radius 1 is 1.20 bits per heavy atom. The molecule has 1 aromatic carbocycles. The molecule has 0 radical (unpaired) electrons. The first-order chi connectivity index (χ1) is 7.16. The molecule has 0 bridgehead atoms. The van der Waals surface area contributed by atoms with Gasteiger partial charge in [0.25, 0.3) is 0 Å². The molecule has 0 saturated carbocycles. The first-order valence-electron chi connectivity index (χ1n) is 4.27. The number of hydrogen-bond acceptors (Lipinski definition) is 2. The Balaban J connectivity index is 2.45. The zero-order valence-corrected chi connectivity index (χ0v) is 9.96. The number of halogens is 2. The molecule has 2 rings (SSSR count). The summed E-state index contributed by atoms with van der Waals surface area (Å²) >= 11 is 9.03. The number of aromatic hydroxyl groups is 1. The van der Waals surface area contributed by atoms with Crippen LogP contribution in [0.3, 0.4) is 0 Å². The Morgan fingerprint density at radius 3 is 2.47 bits per heavy atom. The number of hydrogen-bond donors (Lipinski definition) is 1. The molecule has 4 heteroatoms. The molecule has 0 amide bonds. The molecule has 1 N–H and O–H groups in total. The number of pyridine rings is 1. The van der Waals surface area contributed by atoms with E-state index in [1.165, 1.54) is 6.20 Å². The molecular weight excluding hydrogens is 277 g/mol. The topological polar surface area (TPSA) is 33.1 Å². The average Bonchev–Trinajstić information content (AvgIpc) is 2.23. The summed E-state index contributed by atoms with van der Waals surface area (Å²) < 4.78 is 0.627. The minimum absolute atomic E-state index is 0.132. The third-order valence-electron chi connectivity index (χ3n) is 1.97. The van der Waals surface area contributed by atoms with E-state index in [9.17, 15) is 5.11 Å². The summed E-state index contributed by atoms with van der Waals surface area (Å²) in [6, 6.07) is 9.14. The second-order valence-electron chi connectivity index (χ2n) is 3.03. The van der Waals surface area contributed by atoms with E-state index >= 15 is 0 Å². The van der Waals surface area contributed by atoms with E-state index in [0.29, 0.717) is 9.50 Å². The van der Waals surface area contributed by atoms with E-state index in [-0.39, 0.29) is 5.75 Å². The van der Waals surface area contributed by atoms with Gasteiger partial charge < -0.3 is 5.11 Å². The summed E-state index contributed by atoms with van der Waals surface area (Å²) in [4.78, 5) is 4.12. The molecule has 0 aliphatic rings. The van der Waals surface area contributed by atoms with Gasteiger partial charge in [-0.15, -0.1) is 0 Å². The Morgan fingerprint density at radius 2 is 1.87 bits per heavy atom. The molecule has 0 unspecified atom stereocenters. The van der Waals surface area contributed by atoms with Crippen molar-refractivity contribution < 1.29 is 5.11 Å². The second kappa shape index (κ2) is 4.21. The zero-order chi connectivity index (χ0) is 10.8. The lowest BCUT2D eigenvalue weighted by Gasteiger charge is -2.02. The van der Waals surface area contributed by atoms with E-state index in [1.54, 1.807) is 18.2 Å². The van der Waals surface area contributed by atoms with Gasteiger partial charge in [0.05, 0.1) is 16.4 Å². The van der Waals surface area contributed by atoms with Crippen molar-refractivity contribution in [1.29, 1.82) is 0 Å². The average molecular weight is 285 g/mol. The zero-order valence-electron chi connectivity index (χ0n) is 7.61. The third kappa shape index (κ3) is 2.30. The maximum absolute atomic E-state index is 9.30. The summed E-state index contributed by atoms with van der Waals surface area (Å²) in [5.74, 6) is 0.132. The van der Waals surface area contributed by atoms with Gasteiger partial charge >= 0.3 is 0 Å². The Bertz CT molecular complexity index is 484. The van der Waals surface area contributed by atoms with Crippen molar-refractivity contribution in [3.05, 3.63) is 46.0 Å². The highest BCUT2D eigenvalue weighted by molar-refractivity contribution is 9.10. The van der Waals surface area contributed by atoms with Crippen molar-refractivity contribution in [2.45, 2.75) is 0 Å². The molecule has 76 valence electrons. The highest BCUT2D eigenvalue weighted by Crippen LogP contribution is 2.27. The number of benzene rings is 1. The highest BCUT2D eigenvalue weighted by Gasteiger charge is 2.03. The highest BCUT2D eigenvalue weighted by atomic mass is 79.9. The third-order valence-corrected chi connectivity index (χ3v) is 2.86. The molecule has 1 aromatic heterocycles. The predicted molar refractivity (Wildman–Crippen MR) is 64.0 cm³/mol. The van der Waals surface area contributed by atoms with Gasteiger partial charge in [-0.05, 0) is 34.1 Å². The summed E-state index contributed by atoms with van der Waals surface area (Å²) in [5.41, 5.74) is 1.75. The molecule has 1 heterocycles. The smallest absolute Gasteiger partial charge is 0.148 e. The van der Waals surface area contributed by atoms with Gasteiger partial charge in [0, 0.05) is 10.6 Å². The summed E-state index contributed by atoms with van der Waals surface area (Å²) in [5, 5.41) is 10.00. The minimum atomic E-state index is 0.132. The summed E-state index contributed by atoms with van der Waals surface area (Å²) in [6.45, 7) is 0. The lowest BCUT2D eigenvalue weighted by molar-refractivity contribution is 0.469. The molecule has 2 aromatic rings. The van der Waals surface area contributed by atoms with Crippen LogP contribution in [-0.4, -0.2) is 10.1 Å². The second-order valence-corrected chi connectivity index (χ2v) is 4.32. The quantitative estimate of drug-likeness (QED) is 0.862. The molecule has 0 aliphatic heterocycles. The summed E-state index contributed by atoms with van der Waals surface area (Å²) in [6.07, 6.45) is 1.41. The fourth-order valence-electron chi connectivity index (χ4n) is 1.20. The first-order valence-corrected chi connectivity index (χ1v) is 5.44. The monoisotopic (exact) mass is 283 g/mol. The molecule has 0 saturated heterocycles. The van der Waals surface area contributed by atoms with E-state index < -0.39 is 0 Å². The van der Waals surface area contributed by atoms with Gasteiger partial charge in [-0.25, -0.2) is 0 Å². The van der Waals surface area contributed by atoms with E-state index in [0.717, 1.165) is 11.3 Å². The van der Waals surface area contributed by atoms with Gasteiger partial charge in [-0.2, -0.15) is 0 Å². The van der Waals surface area contributed by atoms with Crippen molar-refractivity contribution in [2.24, 2.45) is 0 Å². The van der Waals surface area contributed by atoms with Crippen molar-refractivity contribution in [3.63, 3.8) is 0 Å². The maximum Gasteiger partial charge on any atom is 0.148 e. The van der Waals surface area contributed by atoms with Crippen molar-refractivity contribution in [1.82, 2.24) is 4.98 Å². The van der Waals surface area contributed by atoms with Crippen LogP contribution in [0.2, 0.25) is 5.02 Å². The van der Waals surface area contributed by atoms with Crippen molar-refractivity contribution >= 4 is 27.5 Å². The van der Waals surface area contributed by atoms with Crippen molar-refractivity contribution in [2.75, 3.05) is 0 Å². The number of aromatic nitrogens is 1. The molecule has 15 heavy (non-hydrogen) atoms. The van der Waals surface area contributed by atoms with Crippen LogP contribution in [0.4, 0.5) is 0 Å². The maximum atomic E-state index is 9.30. The van der Waals surface area contributed by atoms with Crippen LogP contribution in [0.5, 0.6) is 5.75 Å². The largest absolute Gasteiger partial charge is 0.505 e. The Hall–Kier alpha value is -1.06. The van der Waals surface area contributed by atoms with Gasteiger partial charge in [0.15, 0.2) is 0 Å². The minimum Gasteiger partial charge on any atom is -0.505 e. The van der Waals surface area contributed by atoms with E-state index in [2.05, 4.69) is 20.9 Å². The fourth-order valence-corrected chi connectivity index (χ4v) is 1.65. The van der Waals surface area contributed by atoms with Gasteiger partial charge in [-0.3, -0.25) is 4.98 Å². The Kier molecular flexibility index (Phi) is 2.93. The van der Waals surface area contributed by atoms with Crippen LogP contribution < -0.4 is 0 Å². The molecule has 0 spiro atoms. The van der Waals surface area contributed by atoms with E-state index in [4.69, 9.17) is 11.6 Å². The number of nitrogens with zero attached hydrogens (tertiary/aromatic N) is 1. The molecular formula is C11H7BrClNO. The fraction of sp³-hybridized carbons (Fsp3) is 0. The van der Waals surface area contributed by atoms with Crippen LogP contribution in [-0.2, 0) is 0 Å². The molecule has 2 nitrogen and oxygen atoms in total. The first kappa shape index (κ1) is 10.5. The van der Waals surface area contributed by atoms with Gasteiger partial charge in [0.1, 0.15) is 5.75 Å². The number of rotatable bonds is 1. The van der Waals surface area contributed by atoms with Crippen LogP contribution >= 0.6 is 27.5 Å². The van der Waals surface area contributed by atoms with Crippen LogP contribution in [0.1, 0.15) is 0 Å².